The van der Waals surface area contributed by atoms with Crippen LogP contribution in [0.1, 0.15) is 25.5 Å². The second-order valence-electron chi connectivity index (χ2n) is 5.73. The molecule has 0 radical (unpaired) electrons. The number of carbonyl (C=O) groups is 1. The standard InChI is InChI=1S/C16H19N5O2/c1-9(2)13-14-16(21(3)20-13)19-15(18-14)10-5-4-6-11(7-10)23-8-12(17)22/h4-7,9H,8H2,1-3H3,(H2,17,22)(H,18,19). The fourth-order valence-corrected chi connectivity index (χ4v) is 2.46. The van der Waals surface area contributed by atoms with Gasteiger partial charge in [-0.1, -0.05) is 26.0 Å². The van der Waals surface area contributed by atoms with E-state index in [2.05, 4.69) is 28.9 Å². The molecular formula is C16H19N5O2. The molecule has 3 N–H and O–H groups in total. The van der Waals surface area contributed by atoms with Gasteiger partial charge in [-0.3, -0.25) is 4.79 Å². The molecule has 3 aromatic rings. The lowest BCUT2D eigenvalue weighted by Gasteiger charge is -2.05. The Kier molecular flexibility index (Phi) is 3.77. The molecule has 0 spiro atoms. The van der Waals surface area contributed by atoms with E-state index in [1.807, 2.05) is 25.2 Å². The summed E-state index contributed by atoms with van der Waals surface area (Å²) in [5.74, 6) is 1.10. The Labute approximate surface area is 133 Å². The SMILES string of the molecule is CC(C)c1nn(C)c2nc(-c3cccc(OCC(N)=O)c3)[nH]c12. The van der Waals surface area contributed by atoms with Crippen molar-refractivity contribution in [2.45, 2.75) is 19.8 Å². The monoisotopic (exact) mass is 313 g/mol. The van der Waals surface area contributed by atoms with Crippen LogP contribution in [0.2, 0.25) is 0 Å². The molecule has 0 aliphatic carbocycles. The lowest BCUT2D eigenvalue weighted by Crippen LogP contribution is -2.19. The van der Waals surface area contributed by atoms with Gasteiger partial charge in [0.05, 0.1) is 5.69 Å². The third kappa shape index (κ3) is 2.90. The smallest absolute Gasteiger partial charge is 0.255 e. The number of hydrogen-bond donors (Lipinski definition) is 2. The molecule has 7 heteroatoms. The number of aryl methyl sites for hydroxylation is 1. The molecule has 23 heavy (non-hydrogen) atoms. The highest BCUT2D eigenvalue weighted by atomic mass is 16.5. The van der Waals surface area contributed by atoms with Crippen LogP contribution in [0.5, 0.6) is 5.75 Å². The molecule has 120 valence electrons. The van der Waals surface area contributed by atoms with Crippen LogP contribution in [0.25, 0.3) is 22.6 Å². The van der Waals surface area contributed by atoms with Crippen molar-refractivity contribution in [1.29, 1.82) is 0 Å². The Balaban J connectivity index is 1.98. The number of aromatic nitrogens is 4. The predicted octanol–water partition coefficient (Wildman–Crippen LogP) is 1.95. The van der Waals surface area contributed by atoms with Gasteiger partial charge < -0.3 is 15.5 Å². The summed E-state index contributed by atoms with van der Waals surface area (Å²) < 4.78 is 7.11. The molecule has 0 unspecified atom stereocenters. The van der Waals surface area contributed by atoms with Gasteiger partial charge in [-0.15, -0.1) is 0 Å². The summed E-state index contributed by atoms with van der Waals surface area (Å²) in [5.41, 5.74) is 8.71. The average Bonchev–Trinajstić information content (AvgIpc) is 3.06. The number of nitrogens with two attached hydrogens (primary N) is 1. The van der Waals surface area contributed by atoms with Crippen molar-refractivity contribution in [1.82, 2.24) is 19.7 Å². The number of primary amides is 1. The zero-order valence-electron chi connectivity index (χ0n) is 13.3. The minimum absolute atomic E-state index is 0.148. The number of imidazole rings is 1. The topological polar surface area (TPSA) is 98.8 Å². The van der Waals surface area contributed by atoms with Crippen LogP contribution < -0.4 is 10.5 Å². The van der Waals surface area contributed by atoms with Crippen molar-refractivity contribution in [2.75, 3.05) is 6.61 Å². The second kappa shape index (κ2) is 5.75. The van der Waals surface area contributed by atoms with Crippen molar-refractivity contribution in [3.8, 4) is 17.1 Å². The van der Waals surface area contributed by atoms with Gasteiger partial charge in [0.25, 0.3) is 5.91 Å². The molecule has 1 aromatic carbocycles. The van der Waals surface area contributed by atoms with E-state index in [0.29, 0.717) is 11.7 Å². The average molecular weight is 313 g/mol. The maximum atomic E-state index is 10.8. The van der Waals surface area contributed by atoms with E-state index in [1.54, 1.807) is 10.7 Å². The Morgan fingerprint density at radius 2 is 2.22 bits per heavy atom. The van der Waals surface area contributed by atoms with Crippen LogP contribution in [0.3, 0.4) is 0 Å². The Bertz CT molecular complexity index is 863. The Morgan fingerprint density at radius 1 is 1.43 bits per heavy atom. The van der Waals surface area contributed by atoms with Gasteiger partial charge in [-0.2, -0.15) is 5.10 Å². The minimum Gasteiger partial charge on any atom is -0.484 e. The largest absolute Gasteiger partial charge is 0.484 e. The first-order valence-corrected chi connectivity index (χ1v) is 7.40. The second-order valence-corrected chi connectivity index (χ2v) is 5.73. The van der Waals surface area contributed by atoms with Crippen LogP contribution in [-0.4, -0.2) is 32.3 Å². The van der Waals surface area contributed by atoms with E-state index in [4.69, 9.17) is 10.5 Å². The minimum atomic E-state index is -0.508. The number of aromatic amines is 1. The van der Waals surface area contributed by atoms with Crippen LogP contribution in [0, 0.1) is 0 Å². The van der Waals surface area contributed by atoms with E-state index < -0.39 is 5.91 Å². The molecule has 2 heterocycles. The zero-order valence-corrected chi connectivity index (χ0v) is 13.3. The fraction of sp³-hybridized carbons (Fsp3) is 0.312. The fourth-order valence-electron chi connectivity index (χ4n) is 2.46. The van der Waals surface area contributed by atoms with Gasteiger partial charge in [0.15, 0.2) is 12.3 Å². The molecule has 0 saturated carbocycles. The van der Waals surface area contributed by atoms with Crippen LogP contribution in [-0.2, 0) is 11.8 Å². The number of benzene rings is 1. The van der Waals surface area contributed by atoms with E-state index in [1.165, 1.54) is 0 Å². The lowest BCUT2D eigenvalue weighted by atomic mass is 10.1. The molecule has 3 rings (SSSR count). The van der Waals surface area contributed by atoms with Crippen molar-refractivity contribution in [3.63, 3.8) is 0 Å². The third-order valence-corrected chi connectivity index (χ3v) is 3.54. The first-order chi connectivity index (χ1) is 11.0. The first-order valence-electron chi connectivity index (χ1n) is 7.40. The molecule has 0 aliphatic rings. The number of carbonyl (C=O) groups excluding carboxylic acids is 1. The summed E-state index contributed by atoms with van der Waals surface area (Å²) in [6, 6.07) is 7.37. The normalized spacial score (nSPS) is 11.3. The number of fused-ring (bicyclic) bond motifs is 1. The van der Waals surface area contributed by atoms with Gasteiger partial charge in [-0.05, 0) is 18.1 Å². The highest BCUT2D eigenvalue weighted by molar-refractivity contribution is 5.79. The maximum absolute atomic E-state index is 10.8. The summed E-state index contributed by atoms with van der Waals surface area (Å²) in [6.45, 7) is 4.05. The summed E-state index contributed by atoms with van der Waals surface area (Å²) in [5, 5.41) is 4.50. The van der Waals surface area contributed by atoms with Crippen LogP contribution >= 0.6 is 0 Å². The molecule has 7 nitrogen and oxygen atoms in total. The molecule has 0 atom stereocenters. The molecule has 0 fully saturated rings. The molecule has 0 aliphatic heterocycles. The van der Waals surface area contributed by atoms with Gasteiger partial charge in [-0.25, -0.2) is 9.67 Å². The summed E-state index contributed by atoms with van der Waals surface area (Å²) in [4.78, 5) is 18.8. The maximum Gasteiger partial charge on any atom is 0.255 e. The first kappa shape index (κ1) is 15.1. The van der Waals surface area contributed by atoms with Gasteiger partial charge in [0.2, 0.25) is 0 Å². The predicted molar refractivity (Wildman–Crippen MR) is 87.1 cm³/mol. The number of amides is 1. The number of hydrogen-bond acceptors (Lipinski definition) is 4. The molecule has 0 bridgehead atoms. The van der Waals surface area contributed by atoms with E-state index >= 15 is 0 Å². The zero-order chi connectivity index (χ0) is 16.6. The van der Waals surface area contributed by atoms with Crippen LogP contribution in [0.15, 0.2) is 24.3 Å². The highest BCUT2D eigenvalue weighted by Gasteiger charge is 2.17. The third-order valence-electron chi connectivity index (χ3n) is 3.54. The number of ether oxygens (including phenoxy) is 1. The van der Waals surface area contributed by atoms with Crippen molar-refractivity contribution in [2.24, 2.45) is 12.8 Å². The highest BCUT2D eigenvalue weighted by Crippen LogP contribution is 2.27. The van der Waals surface area contributed by atoms with Crippen molar-refractivity contribution < 1.29 is 9.53 Å². The number of rotatable bonds is 5. The Hall–Kier alpha value is -2.83. The summed E-state index contributed by atoms with van der Waals surface area (Å²) in [7, 11) is 1.88. The number of nitrogens with one attached hydrogen (secondary N) is 1. The van der Waals surface area contributed by atoms with E-state index in [-0.39, 0.29) is 6.61 Å². The molecule has 2 aromatic heterocycles. The van der Waals surface area contributed by atoms with Gasteiger partial charge >= 0.3 is 0 Å². The van der Waals surface area contributed by atoms with Crippen molar-refractivity contribution in [3.05, 3.63) is 30.0 Å². The van der Waals surface area contributed by atoms with Crippen LogP contribution in [0.4, 0.5) is 0 Å². The van der Waals surface area contributed by atoms with E-state index in [9.17, 15) is 4.79 Å². The van der Waals surface area contributed by atoms with Gasteiger partial charge in [0, 0.05) is 12.6 Å². The number of H-pyrrole nitrogens is 1. The molecule has 1 amide bonds. The van der Waals surface area contributed by atoms with E-state index in [0.717, 1.165) is 28.2 Å². The molecule has 0 saturated heterocycles. The molecular weight excluding hydrogens is 294 g/mol. The van der Waals surface area contributed by atoms with Gasteiger partial charge in [0.1, 0.15) is 17.1 Å². The van der Waals surface area contributed by atoms with Crippen molar-refractivity contribution >= 4 is 17.1 Å². The number of nitrogens with zero attached hydrogens (tertiary/aromatic N) is 3. The Morgan fingerprint density at radius 3 is 2.91 bits per heavy atom. The quantitative estimate of drug-likeness (QED) is 0.752. The lowest BCUT2D eigenvalue weighted by molar-refractivity contribution is -0.119. The summed E-state index contributed by atoms with van der Waals surface area (Å²) in [6.07, 6.45) is 0. The summed E-state index contributed by atoms with van der Waals surface area (Å²) >= 11 is 0.